The number of benzene rings is 1. The minimum Gasteiger partial charge on any atom is -0.313 e. The van der Waals surface area contributed by atoms with Crippen molar-refractivity contribution in [2.45, 2.75) is 52.0 Å². The van der Waals surface area contributed by atoms with Crippen LogP contribution in [0.2, 0.25) is 0 Å². The summed E-state index contributed by atoms with van der Waals surface area (Å²) in [6.45, 7) is 5.82. The van der Waals surface area contributed by atoms with Gasteiger partial charge in [0, 0.05) is 17.1 Å². The maximum atomic E-state index is 3.72. The molecule has 1 aliphatic carbocycles. The van der Waals surface area contributed by atoms with Crippen molar-refractivity contribution in [1.29, 1.82) is 0 Å². The Kier molecular flexibility index (Phi) is 4.85. The minimum absolute atomic E-state index is 0.409. The van der Waals surface area contributed by atoms with Crippen LogP contribution in [-0.4, -0.2) is 12.6 Å². The molecule has 1 N–H and O–H groups in total. The van der Waals surface area contributed by atoms with E-state index in [1.807, 2.05) is 0 Å². The maximum Gasteiger partial charge on any atom is 0.0207 e. The van der Waals surface area contributed by atoms with Crippen LogP contribution in [0.5, 0.6) is 0 Å². The van der Waals surface area contributed by atoms with Crippen molar-refractivity contribution >= 4 is 15.9 Å². The van der Waals surface area contributed by atoms with Crippen LogP contribution in [0, 0.1) is 5.41 Å². The van der Waals surface area contributed by atoms with E-state index in [1.54, 1.807) is 0 Å². The third kappa shape index (κ3) is 3.58. The lowest BCUT2D eigenvalue weighted by Gasteiger charge is -2.33. The van der Waals surface area contributed by atoms with Crippen LogP contribution < -0.4 is 5.32 Å². The molecule has 0 aliphatic heterocycles. The van der Waals surface area contributed by atoms with Crippen LogP contribution in [-0.2, 0) is 6.42 Å². The standard InChI is InChI=1S/C16H24BrN/c1-3-16(4-2,12-18-14-9-10-14)11-13-7-5-6-8-15(13)17/h5-8,14,18H,3-4,9-12H2,1-2H3. The number of hydrogen-bond donors (Lipinski definition) is 1. The smallest absolute Gasteiger partial charge is 0.0207 e. The van der Waals surface area contributed by atoms with E-state index in [9.17, 15) is 0 Å². The molecule has 0 unspecified atom stereocenters. The van der Waals surface area contributed by atoms with Gasteiger partial charge in [0.05, 0.1) is 0 Å². The van der Waals surface area contributed by atoms with Gasteiger partial charge in [-0.1, -0.05) is 48.0 Å². The fourth-order valence-corrected chi connectivity index (χ4v) is 2.93. The first-order chi connectivity index (χ1) is 8.69. The summed E-state index contributed by atoms with van der Waals surface area (Å²) in [5, 5.41) is 3.72. The molecule has 1 aromatic rings. The Labute approximate surface area is 119 Å². The Hall–Kier alpha value is -0.340. The average Bonchev–Trinajstić information content (AvgIpc) is 3.21. The van der Waals surface area contributed by atoms with Gasteiger partial charge in [0.2, 0.25) is 0 Å². The lowest BCUT2D eigenvalue weighted by Crippen LogP contribution is -2.36. The summed E-state index contributed by atoms with van der Waals surface area (Å²) < 4.78 is 1.25. The van der Waals surface area contributed by atoms with Crippen molar-refractivity contribution in [2.24, 2.45) is 5.41 Å². The summed E-state index contributed by atoms with van der Waals surface area (Å²) in [7, 11) is 0. The highest BCUT2D eigenvalue weighted by Crippen LogP contribution is 2.34. The molecule has 100 valence electrons. The molecular formula is C16H24BrN. The van der Waals surface area contributed by atoms with Crippen molar-refractivity contribution < 1.29 is 0 Å². The van der Waals surface area contributed by atoms with Gasteiger partial charge in [-0.05, 0) is 49.1 Å². The summed E-state index contributed by atoms with van der Waals surface area (Å²) in [6.07, 6.45) is 6.40. The second-order valence-electron chi connectivity index (χ2n) is 5.63. The first-order valence-corrected chi connectivity index (χ1v) is 7.95. The Morgan fingerprint density at radius 2 is 1.89 bits per heavy atom. The number of rotatable bonds is 7. The molecule has 0 aromatic heterocycles. The molecule has 0 saturated heterocycles. The van der Waals surface area contributed by atoms with Gasteiger partial charge in [0.15, 0.2) is 0 Å². The SMILES string of the molecule is CCC(CC)(CNC1CC1)Cc1ccccc1Br. The second-order valence-corrected chi connectivity index (χ2v) is 6.48. The lowest BCUT2D eigenvalue weighted by molar-refractivity contribution is 0.245. The molecule has 2 rings (SSSR count). The van der Waals surface area contributed by atoms with Crippen LogP contribution >= 0.6 is 15.9 Å². The molecule has 0 radical (unpaired) electrons. The number of nitrogens with one attached hydrogen (secondary N) is 1. The van der Waals surface area contributed by atoms with Crippen LogP contribution in [0.1, 0.15) is 45.1 Å². The highest BCUT2D eigenvalue weighted by Gasteiger charge is 2.30. The summed E-state index contributed by atoms with van der Waals surface area (Å²) in [6, 6.07) is 9.45. The zero-order chi connectivity index (χ0) is 13.0. The zero-order valence-corrected chi connectivity index (χ0v) is 13.1. The average molecular weight is 310 g/mol. The van der Waals surface area contributed by atoms with E-state index in [4.69, 9.17) is 0 Å². The largest absolute Gasteiger partial charge is 0.313 e. The van der Waals surface area contributed by atoms with E-state index in [0.717, 1.165) is 12.6 Å². The van der Waals surface area contributed by atoms with E-state index >= 15 is 0 Å². The molecule has 2 heteroatoms. The van der Waals surface area contributed by atoms with Crippen molar-refractivity contribution in [2.75, 3.05) is 6.54 Å². The Morgan fingerprint density at radius 3 is 2.44 bits per heavy atom. The van der Waals surface area contributed by atoms with E-state index in [2.05, 4.69) is 59.4 Å². The molecule has 1 aromatic carbocycles. The van der Waals surface area contributed by atoms with Gasteiger partial charge in [0.25, 0.3) is 0 Å². The molecule has 1 saturated carbocycles. The second kappa shape index (κ2) is 6.21. The zero-order valence-electron chi connectivity index (χ0n) is 11.5. The van der Waals surface area contributed by atoms with Gasteiger partial charge in [-0.2, -0.15) is 0 Å². The third-order valence-electron chi connectivity index (χ3n) is 4.37. The summed E-state index contributed by atoms with van der Waals surface area (Å²) in [4.78, 5) is 0. The molecule has 1 nitrogen and oxygen atoms in total. The fraction of sp³-hybridized carbons (Fsp3) is 0.625. The van der Waals surface area contributed by atoms with Crippen LogP contribution in [0.15, 0.2) is 28.7 Å². The van der Waals surface area contributed by atoms with Gasteiger partial charge in [-0.3, -0.25) is 0 Å². The van der Waals surface area contributed by atoms with Gasteiger partial charge < -0.3 is 5.32 Å². The first-order valence-electron chi connectivity index (χ1n) is 7.16. The molecule has 0 atom stereocenters. The molecule has 1 aliphatic rings. The molecule has 1 fully saturated rings. The maximum absolute atomic E-state index is 3.72. The lowest BCUT2D eigenvalue weighted by atomic mass is 9.77. The van der Waals surface area contributed by atoms with E-state index < -0.39 is 0 Å². The Balaban J connectivity index is 2.06. The van der Waals surface area contributed by atoms with Crippen LogP contribution in [0.25, 0.3) is 0 Å². The third-order valence-corrected chi connectivity index (χ3v) is 5.14. The van der Waals surface area contributed by atoms with E-state index in [0.29, 0.717) is 5.41 Å². The highest BCUT2D eigenvalue weighted by molar-refractivity contribution is 9.10. The van der Waals surface area contributed by atoms with Gasteiger partial charge >= 0.3 is 0 Å². The van der Waals surface area contributed by atoms with Crippen LogP contribution in [0.3, 0.4) is 0 Å². The molecule has 0 bridgehead atoms. The normalized spacial score (nSPS) is 15.9. The first kappa shape index (κ1) is 14.1. The van der Waals surface area contributed by atoms with Gasteiger partial charge in [-0.15, -0.1) is 0 Å². The fourth-order valence-electron chi connectivity index (χ4n) is 2.51. The molecule has 18 heavy (non-hydrogen) atoms. The summed E-state index contributed by atoms with van der Waals surface area (Å²) >= 11 is 3.68. The molecule has 0 heterocycles. The van der Waals surface area contributed by atoms with E-state index in [1.165, 1.54) is 42.1 Å². The predicted molar refractivity (Wildman–Crippen MR) is 81.9 cm³/mol. The molecule has 0 amide bonds. The van der Waals surface area contributed by atoms with Crippen molar-refractivity contribution in [3.05, 3.63) is 34.3 Å². The summed E-state index contributed by atoms with van der Waals surface area (Å²) in [5.41, 5.74) is 1.85. The summed E-state index contributed by atoms with van der Waals surface area (Å²) in [5.74, 6) is 0. The molecule has 0 spiro atoms. The van der Waals surface area contributed by atoms with Gasteiger partial charge in [0.1, 0.15) is 0 Å². The molecular weight excluding hydrogens is 286 g/mol. The van der Waals surface area contributed by atoms with E-state index in [-0.39, 0.29) is 0 Å². The number of hydrogen-bond acceptors (Lipinski definition) is 1. The van der Waals surface area contributed by atoms with Crippen molar-refractivity contribution in [1.82, 2.24) is 5.32 Å². The number of halogens is 1. The quantitative estimate of drug-likeness (QED) is 0.779. The monoisotopic (exact) mass is 309 g/mol. The highest BCUT2D eigenvalue weighted by atomic mass is 79.9. The minimum atomic E-state index is 0.409. The van der Waals surface area contributed by atoms with Crippen molar-refractivity contribution in [3.8, 4) is 0 Å². The predicted octanol–water partition coefficient (Wildman–Crippen LogP) is 4.55. The Bertz CT molecular complexity index is 380. The Morgan fingerprint density at radius 1 is 1.22 bits per heavy atom. The van der Waals surface area contributed by atoms with Gasteiger partial charge in [-0.25, -0.2) is 0 Å². The van der Waals surface area contributed by atoms with Crippen molar-refractivity contribution in [3.63, 3.8) is 0 Å². The topological polar surface area (TPSA) is 12.0 Å². The van der Waals surface area contributed by atoms with Crippen LogP contribution in [0.4, 0.5) is 0 Å².